The lowest BCUT2D eigenvalue weighted by Crippen LogP contribution is -2.14. The highest BCUT2D eigenvalue weighted by atomic mass is 35.5. The van der Waals surface area contributed by atoms with Gasteiger partial charge in [0, 0.05) is 10.6 Å². The average molecular weight is 525 g/mol. The quantitative estimate of drug-likeness (QED) is 0.285. The molecule has 0 aliphatic heterocycles. The summed E-state index contributed by atoms with van der Waals surface area (Å²) >= 11 is 5.96. The molecule has 0 atom stereocenters. The molecule has 2 aromatic carbocycles. The van der Waals surface area contributed by atoms with E-state index in [1.807, 2.05) is 19.1 Å². The molecular formula is C26H20ClF3N6O. The molecule has 7 nitrogen and oxygen atoms in total. The summed E-state index contributed by atoms with van der Waals surface area (Å²) in [7, 11) is 0. The van der Waals surface area contributed by atoms with E-state index in [2.05, 4.69) is 20.5 Å². The van der Waals surface area contributed by atoms with Crippen LogP contribution in [0.4, 0.5) is 18.9 Å². The fourth-order valence-electron chi connectivity index (χ4n) is 4.05. The first kappa shape index (κ1) is 24.5. The van der Waals surface area contributed by atoms with E-state index in [0.717, 1.165) is 10.1 Å². The lowest BCUT2D eigenvalue weighted by Gasteiger charge is -2.09. The fourth-order valence-corrected chi connectivity index (χ4v) is 4.17. The highest BCUT2D eigenvalue weighted by Gasteiger charge is 2.23. The number of nitrogens with zero attached hydrogens (tertiary/aromatic N) is 5. The minimum Gasteiger partial charge on any atom is -0.319 e. The molecule has 0 aliphatic carbocycles. The number of benzene rings is 2. The molecule has 188 valence electrons. The highest BCUT2D eigenvalue weighted by molar-refractivity contribution is 6.30. The minimum absolute atomic E-state index is 0.00936. The molecule has 0 unspecified atom stereocenters. The Kier molecular flexibility index (Phi) is 6.43. The summed E-state index contributed by atoms with van der Waals surface area (Å²) in [5.74, 6) is -1.04. The van der Waals surface area contributed by atoms with Gasteiger partial charge in [-0.25, -0.2) is 22.7 Å². The van der Waals surface area contributed by atoms with Crippen LogP contribution in [0.3, 0.4) is 0 Å². The van der Waals surface area contributed by atoms with Gasteiger partial charge in [-0.3, -0.25) is 9.48 Å². The number of aromatic nitrogens is 5. The fraction of sp³-hybridized carbons (Fsp3) is 0.154. The lowest BCUT2D eigenvalue weighted by atomic mass is 10.1. The molecule has 3 aromatic heterocycles. The Bertz CT molecular complexity index is 1610. The Balaban J connectivity index is 1.49. The summed E-state index contributed by atoms with van der Waals surface area (Å²) in [6.07, 6.45) is -1.68. The molecule has 1 amide bonds. The second-order valence-electron chi connectivity index (χ2n) is 8.45. The van der Waals surface area contributed by atoms with Crippen molar-refractivity contribution in [1.82, 2.24) is 24.4 Å². The molecule has 11 heteroatoms. The van der Waals surface area contributed by atoms with Crippen molar-refractivity contribution in [3.05, 3.63) is 99.8 Å². The van der Waals surface area contributed by atoms with Crippen molar-refractivity contribution < 1.29 is 18.0 Å². The Hall–Kier alpha value is -4.18. The second kappa shape index (κ2) is 9.70. The van der Waals surface area contributed by atoms with Crippen LogP contribution in [-0.4, -0.2) is 30.3 Å². The van der Waals surface area contributed by atoms with Crippen LogP contribution >= 0.6 is 11.6 Å². The van der Waals surface area contributed by atoms with Crippen LogP contribution in [0.2, 0.25) is 5.02 Å². The molecule has 0 spiro atoms. The van der Waals surface area contributed by atoms with Gasteiger partial charge in [0.1, 0.15) is 17.1 Å². The predicted octanol–water partition coefficient (Wildman–Crippen LogP) is 6.24. The topological polar surface area (TPSA) is 77.1 Å². The van der Waals surface area contributed by atoms with Gasteiger partial charge in [-0.05, 0) is 61.9 Å². The molecule has 0 fully saturated rings. The number of carbonyl (C=O) groups excluding carboxylic acids is 1. The zero-order valence-electron chi connectivity index (χ0n) is 19.7. The Labute approximate surface area is 214 Å². The minimum atomic E-state index is -2.88. The molecule has 5 rings (SSSR count). The zero-order chi connectivity index (χ0) is 26.3. The van der Waals surface area contributed by atoms with Crippen molar-refractivity contribution >= 4 is 28.8 Å². The van der Waals surface area contributed by atoms with E-state index in [4.69, 9.17) is 11.6 Å². The number of alkyl halides is 2. The van der Waals surface area contributed by atoms with Crippen molar-refractivity contribution in [3.63, 3.8) is 0 Å². The molecule has 0 bridgehead atoms. The van der Waals surface area contributed by atoms with Crippen LogP contribution in [0.5, 0.6) is 0 Å². The van der Waals surface area contributed by atoms with Gasteiger partial charge in [0.05, 0.1) is 35.5 Å². The number of halogens is 4. The first-order chi connectivity index (χ1) is 17.7. The molecule has 1 N–H and O–H groups in total. The number of hydrogen-bond acceptors (Lipinski definition) is 4. The summed E-state index contributed by atoms with van der Waals surface area (Å²) in [5.41, 5.74) is 2.90. The molecule has 0 saturated heterocycles. The van der Waals surface area contributed by atoms with Crippen molar-refractivity contribution in [1.29, 1.82) is 0 Å². The van der Waals surface area contributed by atoms with Gasteiger partial charge in [-0.2, -0.15) is 10.2 Å². The third-order valence-electron chi connectivity index (χ3n) is 5.97. The van der Waals surface area contributed by atoms with Crippen LogP contribution < -0.4 is 5.32 Å². The first-order valence-electron chi connectivity index (χ1n) is 11.2. The van der Waals surface area contributed by atoms with Gasteiger partial charge in [-0.1, -0.05) is 23.7 Å². The van der Waals surface area contributed by atoms with Crippen molar-refractivity contribution in [2.24, 2.45) is 0 Å². The van der Waals surface area contributed by atoms with E-state index in [0.29, 0.717) is 34.2 Å². The van der Waals surface area contributed by atoms with E-state index in [1.54, 1.807) is 23.7 Å². The summed E-state index contributed by atoms with van der Waals surface area (Å²) < 4.78 is 43.8. The van der Waals surface area contributed by atoms with Gasteiger partial charge < -0.3 is 5.32 Å². The normalized spacial score (nSPS) is 11.4. The number of aryl methyl sites for hydroxylation is 1. The van der Waals surface area contributed by atoms with E-state index in [-0.39, 0.29) is 16.9 Å². The average Bonchev–Trinajstić information content (AvgIpc) is 3.41. The molecule has 0 radical (unpaired) electrons. The largest absolute Gasteiger partial charge is 0.319 e. The second-order valence-corrected chi connectivity index (χ2v) is 8.89. The third-order valence-corrected chi connectivity index (χ3v) is 6.23. The van der Waals surface area contributed by atoms with Crippen LogP contribution in [-0.2, 0) is 6.54 Å². The Morgan fingerprint density at radius 1 is 1.08 bits per heavy atom. The smallest absolute Gasteiger partial charge is 0.280 e. The molecule has 37 heavy (non-hydrogen) atoms. The summed E-state index contributed by atoms with van der Waals surface area (Å²) in [4.78, 5) is 17.7. The highest BCUT2D eigenvalue weighted by Crippen LogP contribution is 2.28. The van der Waals surface area contributed by atoms with E-state index >= 15 is 0 Å². The van der Waals surface area contributed by atoms with Crippen LogP contribution in [0.15, 0.2) is 60.8 Å². The van der Waals surface area contributed by atoms with Gasteiger partial charge in [-0.15, -0.1) is 0 Å². The van der Waals surface area contributed by atoms with Gasteiger partial charge in [0.25, 0.3) is 12.3 Å². The summed E-state index contributed by atoms with van der Waals surface area (Å²) in [6, 6.07) is 13.8. The summed E-state index contributed by atoms with van der Waals surface area (Å²) in [5, 5.41) is 12.0. The number of anilines is 1. The molecule has 0 aliphatic rings. The van der Waals surface area contributed by atoms with E-state index < -0.39 is 23.8 Å². The Morgan fingerprint density at radius 2 is 1.78 bits per heavy atom. The molecular weight excluding hydrogens is 505 g/mol. The number of carbonyl (C=O) groups is 1. The SMILES string of the molecule is Cc1nn(Cc2ccc(Cl)cc2)c(C)c1NC(=O)c1cnn2c(C(F)F)cc(-c3ccc(F)cc3)nc12. The van der Waals surface area contributed by atoms with Crippen molar-refractivity contribution in [2.45, 2.75) is 26.8 Å². The first-order valence-corrected chi connectivity index (χ1v) is 11.6. The monoisotopic (exact) mass is 524 g/mol. The van der Waals surface area contributed by atoms with Crippen LogP contribution in [0.25, 0.3) is 16.9 Å². The zero-order valence-corrected chi connectivity index (χ0v) is 20.5. The van der Waals surface area contributed by atoms with E-state index in [1.165, 1.54) is 36.5 Å². The molecule has 3 heterocycles. The van der Waals surface area contributed by atoms with Crippen molar-refractivity contribution in [3.8, 4) is 11.3 Å². The van der Waals surface area contributed by atoms with Crippen LogP contribution in [0.1, 0.15) is 39.4 Å². The third kappa shape index (κ3) is 4.79. The van der Waals surface area contributed by atoms with Gasteiger partial charge >= 0.3 is 0 Å². The molecule has 0 saturated carbocycles. The maximum absolute atomic E-state index is 13.9. The maximum atomic E-state index is 13.9. The van der Waals surface area contributed by atoms with Gasteiger partial charge in [0.15, 0.2) is 5.65 Å². The maximum Gasteiger partial charge on any atom is 0.280 e. The number of amides is 1. The molecule has 5 aromatic rings. The van der Waals surface area contributed by atoms with Gasteiger partial charge in [0.2, 0.25) is 0 Å². The van der Waals surface area contributed by atoms with E-state index in [9.17, 15) is 18.0 Å². The number of hydrogen-bond donors (Lipinski definition) is 1. The van der Waals surface area contributed by atoms with Crippen molar-refractivity contribution in [2.75, 3.05) is 5.32 Å². The number of fused-ring (bicyclic) bond motifs is 1. The van der Waals surface area contributed by atoms with Crippen LogP contribution in [0, 0.1) is 19.7 Å². The number of nitrogens with one attached hydrogen (secondary N) is 1. The number of rotatable bonds is 6. The lowest BCUT2D eigenvalue weighted by molar-refractivity contribution is 0.102. The standard InChI is InChI=1S/C26H20ClF3N6O/c1-14-23(15(2)35(34-14)13-16-3-7-18(27)8-4-16)33-26(37)20-12-31-36-22(24(29)30)11-21(32-25(20)36)17-5-9-19(28)10-6-17/h3-12,24H,13H2,1-2H3,(H,33,37). The predicted molar refractivity (Wildman–Crippen MR) is 134 cm³/mol. The summed E-state index contributed by atoms with van der Waals surface area (Å²) in [6.45, 7) is 4.05. The Morgan fingerprint density at radius 3 is 2.46 bits per heavy atom.